The van der Waals surface area contributed by atoms with Crippen LogP contribution in [0.4, 0.5) is 5.69 Å². The Morgan fingerprint density at radius 3 is 2.50 bits per heavy atom. The Hall–Kier alpha value is -2.07. The minimum Gasteiger partial charge on any atom is -0.370 e. The molecule has 5 heteroatoms. The van der Waals surface area contributed by atoms with Crippen molar-refractivity contribution in [3.05, 3.63) is 58.9 Å². The minimum absolute atomic E-state index is 0.164. The molecule has 1 N–H and O–H groups in total. The van der Waals surface area contributed by atoms with E-state index in [2.05, 4.69) is 15.2 Å². The van der Waals surface area contributed by atoms with Crippen LogP contribution in [0.25, 0.3) is 0 Å². The molecule has 1 fully saturated rings. The lowest BCUT2D eigenvalue weighted by Crippen LogP contribution is -2.24. The Kier molecular flexibility index (Phi) is 4.59. The molecule has 1 saturated heterocycles. The molecule has 1 aromatic carbocycles. The summed E-state index contributed by atoms with van der Waals surface area (Å²) >= 11 is 5.84. The lowest BCUT2D eigenvalue weighted by atomic mass is 10.2. The van der Waals surface area contributed by atoms with Gasteiger partial charge in [-0.3, -0.25) is 4.79 Å². The molecule has 114 valence electrons. The summed E-state index contributed by atoms with van der Waals surface area (Å²) in [5.41, 5.74) is 2.54. The number of nitrogens with zero attached hydrogens (tertiary/aromatic N) is 2. The molecular formula is C17H18ClN3O. The van der Waals surface area contributed by atoms with Gasteiger partial charge in [0.05, 0.1) is 11.9 Å². The first-order chi connectivity index (χ1) is 10.7. The summed E-state index contributed by atoms with van der Waals surface area (Å²) in [7, 11) is 0. The Bertz CT molecular complexity index is 634. The van der Waals surface area contributed by atoms with Gasteiger partial charge in [0.15, 0.2) is 0 Å². The van der Waals surface area contributed by atoms with Crippen LogP contribution in [0.2, 0.25) is 5.02 Å². The van der Waals surface area contributed by atoms with E-state index < -0.39 is 0 Å². The average Bonchev–Trinajstić information content (AvgIpc) is 3.09. The predicted octanol–water partition coefficient (Wildman–Crippen LogP) is 3.27. The summed E-state index contributed by atoms with van der Waals surface area (Å²) in [6.07, 6.45) is 4.23. The minimum atomic E-state index is -0.164. The van der Waals surface area contributed by atoms with E-state index in [0.29, 0.717) is 17.3 Å². The topological polar surface area (TPSA) is 45.2 Å². The zero-order valence-corrected chi connectivity index (χ0v) is 13.0. The number of hydrogen-bond acceptors (Lipinski definition) is 3. The van der Waals surface area contributed by atoms with E-state index in [1.165, 1.54) is 12.8 Å². The van der Waals surface area contributed by atoms with Gasteiger partial charge in [-0.2, -0.15) is 0 Å². The maximum absolute atomic E-state index is 12.1. The van der Waals surface area contributed by atoms with Crippen LogP contribution in [0.5, 0.6) is 0 Å². The van der Waals surface area contributed by atoms with Crippen molar-refractivity contribution in [1.29, 1.82) is 0 Å². The highest BCUT2D eigenvalue weighted by molar-refractivity contribution is 6.30. The third-order valence-electron chi connectivity index (χ3n) is 3.82. The second kappa shape index (κ2) is 6.79. The van der Waals surface area contributed by atoms with Gasteiger partial charge in [-0.15, -0.1) is 0 Å². The van der Waals surface area contributed by atoms with E-state index in [-0.39, 0.29) is 5.91 Å². The summed E-state index contributed by atoms with van der Waals surface area (Å²) < 4.78 is 0. The van der Waals surface area contributed by atoms with Crippen molar-refractivity contribution in [1.82, 2.24) is 10.3 Å². The van der Waals surface area contributed by atoms with Crippen molar-refractivity contribution in [3.63, 3.8) is 0 Å². The van der Waals surface area contributed by atoms with Crippen LogP contribution in [0, 0.1) is 0 Å². The number of carbonyl (C=O) groups excluding carboxylic acids is 1. The quantitative estimate of drug-likeness (QED) is 0.942. The summed E-state index contributed by atoms with van der Waals surface area (Å²) in [6, 6.07) is 11.2. The smallest absolute Gasteiger partial charge is 0.270 e. The van der Waals surface area contributed by atoms with E-state index in [1.807, 2.05) is 30.3 Å². The molecule has 22 heavy (non-hydrogen) atoms. The number of carbonyl (C=O) groups is 1. The highest BCUT2D eigenvalue weighted by Gasteiger charge is 2.13. The Labute approximate surface area is 135 Å². The Balaban J connectivity index is 1.58. The van der Waals surface area contributed by atoms with Crippen molar-refractivity contribution in [2.24, 2.45) is 0 Å². The molecule has 0 unspecified atom stereocenters. The fraction of sp³-hybridized carbons (Fsp3) is 0.294. The monoisotopic (exact) mass is 315 g/mol. The lowest BCUT2D eigenvalue weighted by Gasteiger charge is -2.16. The number of nitrogens with one attached hydrogen (secondary N) is 1. The van der Waals surface area contributed by atoms with E-state index in [1.54, 1.807) is 12.3 Å². The van der Waals surface area contributed by atoms with Gasteiger partial charge in [-0.05, 0) is 42.7 Å². The number of rotatable bonds is 4. The molecule has 1 aliphatic rings. The molecule has 1 amide bonds. The van der Waals surface area contributed by atoms with Gasteiger partial charge >= 0.3 is 0 Å². The molecule has 0 atom stereocenters. The predicted molar refractivity (Wildman–Crippen MR) is 88.3 cm³/mol. The highest BCUT2D eigenvalue weighted by Crippen LogP contribution is 2.19. The summed E-state index contributed by atoms with van der Waals surface area (Å²) in [6.45, 7) is 2.61. The number of aromatic nitrogens is 1. The number of pyridine rings is 1. The Morgan fingerprint density at radius 2 is 1.86 bits per heavy atom. The number of amides is 1. The molecule has 0 saturated carbocycles. The van der Waals surface area contributed by atoms with Crippen molar-refractivity contribution in [2.45, 2.75) is 19.4 Å². The second-order valence-corrected chi connectivity index (χ2v) is 5.84. The van der Waals surface area contributed by atoms with Crippen molar-refractivity contribution >= 4 is 23.2 Å². The fourth-order valence-corrected chi connectivity index (χ4v) is 2.68. The standard InChI is InChI=1S/C17H18ClN3O/c18-14-5-3-13(4-6-14)11-20-17(22)16-8-7-15(12-19-16)21-9-1-2-10-21/h3-8,12H,1-2,9-11H2,(H,20,22). The number of halogens is 1. The van der Waals surface area contributed by atoms with Crippen LogP contribution < -0.4 is 10.2 Å². The van der Waals surface area contributed by atoms with Gasteiger partial charge < -0.3 is 10.2 Å². The third-order valence-corrected chi connectivity index (χ3v) is 4.07. The van der Waals surface area contributed by atoms with Crippen LogP contribution in [0.1, 0.15) is 28.9 Å². The summed E-state index contributed by atoms with van der Waals surface area (Å²) in [5.74, 6) is -0.164. The number of hydrogen-bond donors (Lipinski definition) is 1. The third kappa shape index (κ3) is 3.57. The normalized spacial score (nSPS) is 14.1. The fourth-order valence-electron chi connectivity index (χ4n) is 2.56. The largest absolute Gasteiger partial charge is 0.370 e. The molecule has 4 nitrogen and oxygen atoms in total. The first-order valence-electron chi connectivity index (χ1n) is 7.46. The van der Waals surface area contributed by atoms with Crippen LogP contribution in [-0.2, 0) is 6.54 Å². The highest BCUT2D eigenvalue weighted by atomic mass is 35.5. The van der Waals surface area contributed by atoms with E-state index in [0.717, 1.165) is 24.3 Å². The van der Waals surface area contributed by atoms with Crippen molar-refractivity contribution < 1.29 is 4.79 Å². The van der Waals surface area contributed by atoms with E-state index in [4.69, 9.17) is 11.6 Å². The average molecular weight is 316 g/mol. The molecule has 1 aliphatic heterocycles. The molecule has 2 aromatic rings. The molecule has 0 radical (unpaired) electrons. The van der Waals surface area contributed by atoms with Crippen LogP contribution in [0.3, 0.4) is 0 Å². The van der Waals surface area contributed by atoms with Gasteiger partial charge in [0.1, 0.15) is 5.69 Å². The number of anilines is 1. The first kappa shape index (κ1) is 14.9. The number of benzene rings is 1. The van der Waals surface area contributed by atoms with Crippen molar-refractivity contribution in [2.75, 3.05) is 18.0 Å². The first-order valence-corrected chi connectivity index (χ1v) is 7.84. The zero-order valence-electron chi connectivity index (χ0n) is 12.3. The maximum atomic E-state index is 12.1. The van der Waals surface area contributed by atoms with E-state index >= 15 is 0 Å². The van der Waals surface area contributed by atoms with Gasteiger partial charge in [0, 0.05) is 24.7 Å². The molecule has 0 bridgehead atoms. The summed E-state index contributed by atoms with van der Waals surface area (Å²) in [5, 5.41) is 3.55. The second-order valence-electron chi connectivity index (χ2n) is 5.40. The molecule has 0 spiro atoms. The van der Waals surface area contributed by atoms with Crippen molar-refractivity contribution in [3.8, 4) is 0 Å². The Morgan fingerprint density at radius 1 is 1.14 bits per heavy atom. The lowest BCUT2D eigenvalue weighted by molar-refractivity contribution is 0.0946. The van der Waals surface area contributed by atoms with Gasteiger partial charge in [-0.1, -0.05) is 23.7 Å². The molecule has 2 heterocycles. The van der Waals surface area contributed by atoms with E-state index in [9.17, 15) is 4.79 Å². The van der Waals surface area contributed by atoms with Crippen LogP contribution in [0.15, 0.2) is 42.6 Å². The maximum Gasteiger partial charge on any atom is 0.270 e. The van der Waals surface area contributed by atoms with Crippen LogP contribution >= 0.6 is 11.6 Å². The zero-order chi connectivity index (χ0) is 15.4. The molecular weight excluding hydrogens is 298 g/mol. The molecule has 1 aromatic heterocycles. The summed E-state index contributed by atoms with van der Waals surface area (Å²) in [4.78, 5) is 18.7. The van der Waals surface area contributed by atoms with Gasteiger partial charge in [0.2, 0.25) is 0 Å². The van der Waals surface area contributed by atoms with Crippen LogP contribution in [-0.4, -0.2) is 24.0 Å². The SMILES string of the molecule is O=C(NCc1ccc(Cl)cc1)c1ccc(N2CCCC2)cn1. The van der Waals surface area contributed by atoms with Gasteiger partial charge in [-0.25, -0.2) is 4.98 Å². The molecule has 0 aliphatic carbocycles. The molecule has 3 rings (SSSR count). The van der Waals surface area contributed by atoms with Gasteiger partial charge in [0.25, 0.3) is 5.91 Å².